The van der Waals surface area contributed by atoms with Crippen molar-refractivity contribution in [3.05, 3.63) is 56.4 Å². The average Bonchev–Trinajstić information content (AvgIpc) is 3.06. The smallest absolute Gasteiger partial charge is 0.230 e. The van der Waals surface area contributed by atoms with Gasteiger partial charge in [0.15, 0.2) is 0 Å². The van der Waals surface area contributed by atoms with Crippen LogP contribution >= 0.6 is 35.2 Å². The first kappa shape index (κ1) is 14.3. The van der Waals surface area contributed by atoms with E-state index in [9.17, 15) is 0 Å². The van der Waals surface area contributed by atoms with E-state index in [-0.39, 0.29) is 0 Å². The lowest BCUT2D eigenvalue weighted by Gasteiger charge is -2.18. The van der Waals surface area contributed by atoms with Gasteiger partial charge in [0, 0.05) is 11.9 Å². The molecule has 0 amide bonds. The fourth-order valence-corrected chi connectivity index (χ4v) is 3.47. The molecular weight excluding hydrogens is 324 g/mol. The fourth-order valence-electron chi connectivity index (χ4n) is 2.10. The van der Waals surface area contributed by atoms with Gasteiger partial charge < -0.3 is 4.90 Å². The van der Waals surface area contributed by atoms with Crippen molar-refractivity contribution in [3.8, 4) is 5.69 Å². The summed E-state index contributed by atoms with van der Waals surface area (Å²) in [6.07, 6.45) is 0. The Hall–Kier alpha value is -1.63. The number of halogens is 1. The van der Waals surface area contributed by atoms with Crippen molar-refractivity contribution in [3.63, 3.8) is 0 Å². The number of thiophene rings is 1. The van der Waals surface area contributed by atoms with Gasteiger partial charge in [-0.05, 0) is 36.5 Å². The maximum Gasteiger partial charge on any atom is 0.230 e. The van der Waals surface area contributed by atoms with E-state index < -0.39 is 0 Å². The van der Waals surface area contributed by atoms with Crippen LogP contribution in [0.1, 0.15) is 4.88 Å². The van der Waals surface area contributed by atoms with Crippen molar-refractivity contribution in [2.45, 2.75) is 6.54 Å². The molecule has 0 atom stereocenters. The molecule has 7 heteroatoms. The summed E-state index contributed by atoms with van der Waals surface area (Å²) in [5.74, 6) is 0.774. The standard InChI is InChI=1S/C14H13ClN4S2/c1-18(9-11-7-8-12(15)21-11)13-16-17-14(20)19(13)10-5-3-2-4-6-10/h2-8H,9H2,1H3,(H,17,20). The lowest BCUT2D eigenvalue weighted by atomic mass is 10.3. The molecule has 0 aliphatic carbocycles. The van der Waals surface area contributed by atoms with Gasteiger partial charge in [0.1, 0.15) is 0 Å². The lowest BCUT2D eigenvalue weighted by Crippen LogP contribution is -2.20. The highest BCUT2D eigenvalue weighted by atomic mass is 35.5. The molecular formula is C14H13ClN4S2. The Morgan fingerprint density at radius 3 is 2.71 bits per heavy atom. The van der Waals surface area contributed by atoms with Crippen LogP contribution in [0.4, 0.5) is 5.95 Å². The number of para-hydroxylation sites is 1. The van der Waals surface area contributed by atoms with Crippen LogP contribution < -0.4 is 4.90 Å². The molecule has 0 unspecified atom stereocenters. The van der Waals surface area contributed by atoms with E-state index in [1.165, 1.54) is 4.88 Å². The second-order valence-electron chi connectivity index (χ2n) is 4.56. The number of rotatable bonds is 4. The number of aromatic amines is 1. The van der Waals surface area contributed by atoms with Crippen molar-refractivity contribution in [2.75, 3.05) is 11.9 Å². The Morgan fingerprint density at radius 2 is 2.05 bits per heavy atom. The van der Waals surface area contributed by atoms with E-state index in [1.54, 1.807) is 11.3 Å². The summed E-state index contributed by atoms with van der Waals surface area (Å²) in [6, 6.07) is 13.9. The zero-order valence-corrected chi connectivity index (χ0v) is 13.7. The van der Waals surface area contributed by atoms with E-state index in [2.05, 4.69) is 10.2 Å². The maximum absolute atomic E-state index is 5.98. The first-order valence-electron chi connectivity index (χ1n) is 6.33. The second kappa shape index (κ2) is 6.01. The van der Waals surface area contributed by atoms with Crippen LogP contribution in [0.3, 0.4) is 0 Å². The van der Waals surface area contributed by atoms with Gasteiger partial charge in [-0.1, -0.05) is 29.8 Å². The largest absolute Gasteiger partial charge is 0.339 e. The van der Waals surface area contributed by atoms with Crippen LogP contribution in [0.15, 0.2) is 42.5 Å². The minimum absolute atomic E-state index is 0.576. The monoisotopic (exact) mass is 336 g/mol. The molecule has 0 saturated heterocycles. The summed E-state index contributed by atoms with van der Waals surface area (Å²) < 4.78 is 3.29. The molecule has 0 bridgehead atoms. The highest BCUT2D eigenvalue weighted by Gasteiger charge is 2.13. The molecule has 4 nitrogen and oxygen atoms in total. The Labute approximate surface area is 136 Å². The minimum Gasteiger partial charge on any atom is -0.339 e. The van der Waals surface area contributed by atoms with Gasteiger partial charge >= 0.3 is 0 Å². The number of nitrogens with one attached hydrogen (secondary N) is 1. The molecule has 0 saturated carbocycles. The molecule has 2 aromatic heterocycles. The van der Waals surface area contributed by atoms with Gasteiger partial charge in [0.25, 0.3) is 0 Å². The zero-order valence-electron chi connectivity index (χ0n) is 11.3. The number of hydrogen-bond acceptors (Lipinski definition) is 4. The average molecular weight is 337 g/mol. The highest BCUT2D eigenvalue weighted by molar-refractivity contribution is 7.71. The second-order valence-corrected chi connectivity index (χ2v) is 6.75. The highest BCUT2D eigenvalue weighted by Crippen LogP contribution is 2.24. The topological polar surface area (TPSA) is 36.9 Å². The third-order valence-electron chi connectivity index (χ3n) is 3.03. The van der Waals surface area contributed by atoms with Crippen molar-refractivity contribution < 1.29 is 0 Å². The molecule has 0 aliphatic rings. The van der Waals surface area contributed by atoms with Gasteiger partial charge in [0.2, 0.25) is 10.7 Å². The Balaban J connectivity index is 1.94. The summed E-state index contributed by atoms with van der Waals surface area (Å²) >= 11 is 12.9. The van der Waals surface area contributed by atoms with Crippen LogP contribution in [0.25, 0.3) is 5.69 Å². The van der Waals surface area contributed by atoms with E-state index >= 15 is 0 Å². The number of hydrogen-bond donors (Lipinski definition) is 1. The summed E-state index contributed by atoms with van der Waals surface area (Å²) in [5.41, 5.74) is 0.988. The molecule has 1 N–H and O–H groups in total. The van der Waals surface area contributed by atoms with Crippen molar-refractivity contribution in [1.82, 2.24) is 14.8 Å². The number of nitrogens with zero attached hydrogens (tertiary/aromatic N) is 3. The number of H-pyrrole nitrogens is 1. The van der Waals surface area contributed by atoms with Crippen LogP contribution in [0, 0.1) is 4.77 Å². The Kier molecular flexibility index (Phi) is 4.10. The number of aromatic nitrogens is 3. The molecule has 2 heterocycles. The predicted molar refractivity (Wildman–Crippen MR) is 90.2 cm³/mol. The summed E-state index contributed by atoms with van der Waals surface area (Å²) in [4.78, 5) is 3.22. The van der Waals surface area contributed by atoms with Gasteiger partial charge in [-0.25, -0.2) is 5.10 Å². The molecule has 108 valence electrons. The van der Waals surface area contributed by atoms with Crippen LogP contribution in [-0.4, -0.2) is 21.8 Å². The molecule has 1 aromatic carbocycles. The van der Waals surface area contributed by atoms with Crippen molar-refractivity contribution >= 4 is 41.1 Å². The normalized spacial score (nSPS) is 10.8. The predicted octanol–water partition coefficient (Wildman–Crippen LogP) is 4.28. The molecule has 3 rings (SSSR count). The third kappa shape index (κ3) is 3.02. The molecule has 0 aliphatic heterocycles. The van der Waals surface area contributed by atoms with Gasteiger partial charge in [0.05, 0.1) is 16.6 Å². The van der Waals surface area contributed by atoms with E-state index in [0.29, 0.717) is 4.77 Å². The summed E-state index contributed by atoms with van der Waals surface area (Å²) in [5, 5.41) is 7.20. The quantitative estimate of drug-likeness (QED) is 0.722. The van der Waals surface area contributed by atoms with E-state index in [0.717, 1.165) is 22.5 Å². The van der Waals surface area contributed by atoms with Crippen LogP contribution in [-0.2, 0) is 6.54 Å². The molecule has 0 radical (unpaired) electrons. The Morgan fingerprint density at radius 1 is 1.29 bits per heavy atom. The van der Waals surface area contributed by atoms with Crippen LogP contribution in [0.5, 0.6) is 0 Å². The van der Waals surface area contributed by atoms with Crippen LogP contribution in [0.2, 0.25) is 4.34 Å². The summed E-state index contributed by atoms with van der Waals surface area (Å²) in [7, 11) is 1.98. The maximum atomic E-state index is 5.98. The first-order valence-corrected chi connectivity index (χ1v) is 7.93. The van der Waals surface area contributed by atoms with Gasteiger partial charge in [-0.2, -0.15) is 0 Å². The Bertz CT molecular complexity index is 791. The zero-order chi connectivity index (χ0) is 14.8. The number of anilines is 1. The number of benzene rings is 1. The summed E-state index contributed by atoms with van der Waals surface area (Å²) in [6.45, 7) is 0.726. The first-order chi connectivity index (χ1) is 10.1. The van der Waals surface area contributed by atoms with Gasteiger partial charge in [-0.15, -0.1) is 16.4 Å². The third-order valence-corrected chi connectivity index (χ3v) is 4.52. The van der Waals surface area contributed by atoms with Crippen molar-refractivity contribution in [1.29, 1.82) is 0 Å². The molecule has 0 spiro atoms. The molecule has 21 heavy (non-hydrogen) atoms. The minimum atomic E-state index is 0.576. The lowest BCUT2D eigenvalue weighted by molar-refractivity contribution is 0.852. The molecule has 0 fully saturated rings. The fraction of sp³-hybridized carbons (Fsp3) is 0.143. The SMILES string of the molecule is CN(Cc1ccc(Cl)s1)c1n[nH]c(=S)n1-c1ccccc1. The van der Waals surface area contributed by atoms with Crippen molar-refractivity contribution in [2.24, 2.45) is 0 Å². The van der Waals surface area contributed by atoms with Gasteiger partial charge in [-0.3, -0.25) is 4.57 Å². The molecule has 3 aromatic rings. The van der Waals surface area contributed by atoms with E-state index in [4.69, 9.17) is 23.8 Å². The van der Waals surface area contributed by atoms with E-state index in [1.807, 2.05) is 59.0 Å².